The molecule has 7 heteroatoms. The second kappa shape index (κ2) is 5.50. The van der Waals surface area contributed by atoms with Crippen LogP contribution in [0.5, 0.6) is 0 Å². The number of aromatic nitrogens is 4. The molecule has 1 aromatic heterocycles. The molecule has 0 radical (unpaired) electrons. The van der Waals surface area contributed by atoms with Gasteiger partial charge in [-0.05, 0) is 49.1 Å². The molecule has 2 aliphatic rings. The van der Waals surface area contributed by atoms with Crippen molar-refractivity contribution in [2.75, 3.05) is 13.1 Å². The molecule has 0 aromatic carbocycles. The molecule has 0 bridgehead atoms. The predicted molar refractivity (Wildman–Crippen MR) is 70.4 cm³/mol. The first-order valence-electron chi connectivity index (χ1n) is 6.48. The minimum absolute atomic E-state index is 0. The van der Waals surface area contributed by atoms with Gasteiger partial charge in [0.05, 0.1) is 12.6 Å². The van der Waals surface area contributed by atoms with E-state index in [2.05, 4.69) is 27.3 Å². The molecule has 1 saturated carbocycles. The third kappa shape index (κ3) is 2.81. The maximum absolute atomic E-state index is 5.95. The van der Waals surface area contributed by atoms with Crippen LogP contribution >= 0.6 is 12.4 Å². The van der Waals surface area contributed by atoms with Gasteiger partial charge in [0.2, 0.25) is 0 Å². The summed E-state index contributed by atoms with van der Waals surface area (Å²) in [6, 6.07) is 0.853. The van der Waals surface area contributed by atoms with E-state index in [-0.39, 0.29) is 12.4 Å². The average Bonchev–Trinajstić information content (AvgIpc) is 2.86. The van der Waals surface area contributed by atoms with E-state index in [0.717, 1.165) is 25.5 Å². The molecule has 2 unspecified atom stereocenters. The summed E-state index contributed by atoms with van der Waals surface area (Å²) in [4.78, 5) is 2.42. The third-order valence-corrected chi connectivity index (χ3v) is 3.87. The van der Waals surface area contributed by atoms with Gasteiger partial charge in [0, 0.05) is 12.6 Å². The molecule has 18 heavy (non-hydrogen) atoms. The van der Waals surface area contributed by atoms with Crippen molar-refractivity contribution in [2.24, 2.45) is 11.7 Å². The van der Waals surface area contributed by atoms with Gasteiger partial charge < -0.3 is 5.73 Å². The zero-order valence-electron chi connectivity index (χ0n) is 10.7. The average molecular weight is 273 g/mol. The normalized spacial score (nSPS) is 26.0. The van der Waals surface area contributed by atoms with Crippen molar-refractivity contribution < 1.29 is 0 Å². The van der Waals surface area contributed by atoms with Crippen LogP contribution in [0.2, 0.25) is 0 Å². The van der Waals surface area contributed by atoms with Gasteiger partial charge in [-0.25, -0.2) is 4.68 Å². The molecular formula is C11H21ClN6. The van der Waals surface area contributed by atoms with E-state index >= 15 is 0 Å². The largest absolute Gasteiger partial charge is 0.328 e. The minimum Gasteiger partial charge on any atom is -0.328 e. The van der Waals surface area contributed by atoms with E-state index in [1.54, 1.807) is 0 Å². The van der Waals surface area contributed by atoms with E-state index in [1.807, 2.05) is 4.68 Å². The highest BCUT2D eigenvalue weighted by molar-refractivity contribution is 5.85. The maximum atomic E-state index is 5.95. The Morgan fingerprint density at radius 3 is 2.78 bits per heavy atom. The van der Waals surface area contributed by atoms with Crippen LogP contribution in [0.1, 0.15) is 38.1 Å². The van der Waals surface area contributed by atoms with Crippen molar-refractivity contribution in [2.45, 2.75) is 44.8 Å². The number of nitrogens with two attached hydrogens (primary N) is 1. The second-order valence-electron chi connectivity index (χ2n) is 5.41. The zero-order valence-corrected chi connectivity index (χ0v) is 11.5. The lowest BCUT2D eigenvalue weighted by Gasteiger charge is -2.17. The molecular weight excluding hydrogens is 252 g/mol. The van der Waals surface area contributed by atoms with Gasteiger partial charge in [-0.3, -0.25) is 4.90 Å². The smallest absolute Gasteiger partial charge is 0.165 e. The van der Waals surface area contributed by atoms with Crippen LogP contribution in [0, 0.1) is 5.92 Å². The van der Waals surface area contributed by atoms with E-state index in [9.17, 15) is 0 Å². The molecule has 0 spiro atoms. The number of halogens is 1. The summed E-state index contributed by atoms with van der Waals surface area (Å²) in [5.41, 5.74) is 5.95. The Balaban J connectivity index is 0.00000120. The fraction of sp³-hybridized carbons (Fsp3) is 0.909. The molecule has 1 aliphatic heterocycles. The van der Waals surface area contributed by atoms with Gasteiger partial charge in [-0.1, -0.05) is 0 Å². The summed E-state index contributed by atoms with van der Waals surface area (Å²) >= 11 is 0. The van der Waals surface area contributed by atoms with E-state index < -0.39 is 0 Å². The van der Waals surface area contributed by atoms with Crippen molar-refractivity contribution in [3.05, 3.63) is 5.82 Å². The van der Waals surface area contributed by atoms with Crippen molar-refractivity contribution in [1.82, 2.24) is 25.1 Å². The standard InChI is InChI=1S/C11H20N6.ClH/c1-8(12)9-4-5-16(6-9)7-11-13-14-15-17(11)10-2-3-10;/h8-10H,2-7,12H2,1H3;1H. The van der Waals surface area contributed by atoms with Crippen molar-refractivity contribution in [1.29, 1.82) is 0 Å². The summed E-state index contributed by atoms with van der Waals surface area (Å²) in [6.07, 6.45) is 3.64. The third-order valence-electron chi connectivity index (χ3n) is 3.87. The molecule has 2 atom stereocenters. The van der Waals surface area contributed by atoms with Crippen molar-refractivity contribution in [3.63, 3.8) is 0 Å². The Morgan fingerprint density at radius 2 is 2.17 bits per heavy atom. The van der Waals surface area contributed by atoms with Crippen molar-refractivity contribution >= 4 is 12.4 Å². The topological polar surface area (TPSA) is 72.9 Å². The Morgan fingerprint density at radius 1 is 1.39 bits per heavy atom. The van der Waals surface area contributed by atoms with Gasteiger partial charge in [-0.15, -0.1) is 17.5 Å². The summed E-state index contributed by atoms with van der Waals surface area (Å²) in [5.74, 6) is 1.64. The van der Waals surface area contributed by atoms with E-state index in [0.29, 0.717) is 18.0 Å². The lowest BCUT2D eigenvalue weighted by atomic mass is 10.0. The van der Waals surface area contributed by atoms with Gasteiger partial charge in [0.25, 0.3) is 0 Å². The summed E-state index contributed by atoms with van der Waals surface area (Å²) < 4.78 is 2.00. The summed E-state index contributed by atoms with van der Waals surface area (Å²) in [7, 11) is 0. The number of nitrogens with zero attached hydrogens (tertiary/aromatic N) is 5. The highest BCUT2D eigenvalue weighted by Gasteiger charge is 2.30. The predicted octanol–water partition coefficient (Wildman–Crippen LogP) is 0.599. The molecule has 2 fully saturated rings. The lowest BCUT2D eigenvalue weighted by Crippen LogP contribution is -2.30. The highest BCUT2D eigenvalue weighted by Crippen LogP contribution is 2.34. The van der Waals surface area contributed by atoms with Crippen LogP contribution < -0.4 is 5.73 Å². The molecule has 1 aromatic rings. The number of tetrazole rings is 1. The van der Waals surface area contributed by atoms with Crippen LogP contribution in [0.25, 0.3) is 0 Å². The first kappa shape index (κ1) is 13.7. The fourth-order valence-corrected chi connectivity index (χ4v) is 2.55. The lowest BCUT2D eigenvalue weighted by molar-refractivity contribution is 0.294. The molecule has 2 N–H and O–H groups in total. The van der Waals surface area contributed by atoms with Crippen LogP contribution in [-0.4, -0.2) is 44.2 Å². The number of rotatable bonds is 4. The highest BCUT2D eigenvalue weighted by atomic mass is 35.5. The molecule has 1 saturated heterocycles. The Kier molecular flexibility index (Phi) is 4.19. The first-order chi connectivity index (χ1) is 8.24. The Bertz CT molecular complexity index is 389. The monoisotopic (exact) mass is 272 g/mol. The molecule has 6 nitrogen and oxygen atoms in total. The van der Waals surface area contributed by atoms with Gasteiger partial charge in [0.15, 0.2) is 5.82 Å². The van der Waals surface area contributed by atoms with Crippen LogP contribution in [0.15, 0.2) is 0 Å². The van der Waals surface area contributed by atoms with E-state index in [4.69, 9.17) is 5.73 Å². The van der Waals surface area contributed by atoms with Gasteiger partial charge in [0.1, 0.15) is 0 Å². The van der Waals surface area contributed by atoms with E-state index in [1.165, 1.54) is 19.3 Å². The fourth-order valence-electron chi connectivity index (χ4n) is 2.55. The number of hydrogen-bond acceptors (Lipinski definition) is 5. The summed E-state index contributed by atoms with van der Waals surface area (Å²) in [5, 5.41) is 12.0. The molecule has 0 amide bonds. The number of likely N-dealkylation sites (tertiary alicyclic amines) is 1. The molecule has 2 heterocycles. The SMILES string of the molecule is CC(N)C1CCN(Cc2nnnn2C2CC2)C1.Cl. The van der Waals surface area contributed by atoms with Crippen LogP contribution in [0.4, 0.5) is 0 Å². The quantitative estimate of drug-likeness (QED) is 0.869. The van der Waals surface area contributed by atoms with Crippen molar-refractivity contribution in [3.8, 4) is 0 Å². The molecule has 3 rings (SSSR count). The van der Waals surface area contributed by atoms with Crippen LogP contribution in [-0.2, 0) is 6.54 Å². The number of hydrogen-bond donors (Lipinski definition) is 1. The molecule has 102 valence electrons. The second-order valence-corrected chi connectivity index (χ2v) is 5.41. The first-order valence-corrected chi connectivity index (χ1v) is 6.48. The summed E-state index contributed by atoms with van der Waals surface area (Å²) in [6.45, 7) is 5.16. The Hall–Kier alpha value is -0.720. The molecule has 1 aliphatic carbocycles. The minimum atomic E-state index is 0. The Labute approximate surface area is 113 Å². The van der Waals surface area contributed by atoms with Crippen LogP contribution in [0.3, 0.4) is 0 Å². The van der Waals surface area contributed by atoms with Gasteiger partial charge >= 0.3 is 0 Å². The van der Waals surface area contributed by atoms with Gasteiger partial charge in [-0.2, -0.15) is 0 Å². The zero-order chi connectivity index (χ0) is 11.8. The maximum Gasteiger partial charge on any atom is 0.165 e.